The molecule has 6 nitrogen and oxygen atoms in total. The van der Waals surface area contributed by atoms with Gasteiger partial charge in [-0.2, -0.15) is 0 Å². The van der Waals surface area contributed by atoms with Crippen LogP contribution in [0.1, 0.15) is 12.8 Å². The van der Waals surface area contributed by atoms with Crippen molar-refractivity contribution in [2.45, 2.75) is 12.8 Å². The fourth-order valence-corrected chi connectivity index (χ4v) is 3.43. The van der Waals surface area contributed by atoms with Gasteiger partial charge in [-0.25, -0.2) is 12.7 Å². The Morgan fingerprint density at radius 3 is 2.48 bits per heavy atom. The maximum absolute atomic E-state index is 11.8. The van der Waals surface area contributed by atoms with Crippen molar-refractivity contribution < 1.29 is 17.9 Å². The van der Waals surface area contributed by atoms with E-state index in [-0.39, 0.29) is 12.5 Å². The lowest BCUT2D eigenvalue weighted by Gasteiger charge is -2.30. The second kappa shape index (κ2) is 7.99. The Balaban J connectivity index is 1.66. The van der Waals surface area contributed by atoms with E-state index in [1.165, 1.54) is 10.6 Å². The van der Waals surface area contributed by atoms with E-state index in [9.17, 15) is 13.2 Å². The maximum Gasteiger partial charge on any atom is 0.257 e. The molecule has 1 aliphatic heterocycles. The summed E-state index contributed by atoms with van der Waals surface area (Å²) in [6.45, 7) is 1.52. The van der Waals surface area contributed by atoms with Crippen molar-refractivity contribution in [3.8, 4) is 5.75 Å². The Kier molecular flexibility index (Phi) is 6.26. The summed E-state index contributed by atoms with van der Waals surface area (Å²) in [4.78, 5) is 11.8. The van der Waals surface area contributed by atoms with E-state index in [0.29, 0.717) is 36.3 Å². The monoisotopic (exact) mass is 360 g/mol. The van der Waals surface area contributed by atoms with Crippen molar-refractivity contribution in [1.29, 1.82) is 0 Å². The van der Waals surface area contributed by atoms with Crippen LogP contribution < -0.4 is 10.1 Å². The topological polar surface area (TPSA) is 75.7 Å². The number of hydrogen-bond donors (Lipinski definition) is 1. The molecule has 1 aromatic rings. The lowest BCUT2D eigenvalue weighted by atomic mass is 9.98. The Labute approximate surface area is 141 Å². The molecule has 1 aliphatic rings. The molecule has 8 heteroatoms. The summed E-state index contributed by atoms with van der Waals surface area (Å²) in [6.07, 6.45) is 2.74. The van der Waals surface area contributed by atoms with Gasteiger partial charge in [0.1, 0.15) is 5.75 Å². The van der Waals surface area contributed by atoms with E-state index in [0.717, 1.165) is 12.8 Å². The minimum absolute atomic E-state index is 0.0518. The first-order valence-electron chi connectivity index (χ1n) is 7.45. The summed E-state index contributed by atoms with van der Waals surface area (Å²) in [5.74, 6) is 0.698. The molecule has 0 bridgehead atoms. The van der Waals surface area contributed by atoms with Gasteiger partial charge in [0, 0.05) is 24.7 Å². The van der Waals surface area contributed by atoms with Crippen LogP contribution in [0.15, 0.2) is 24.3 Å². The van der Waals surface area contributed by atoms with Crippen molar-refractivity contribution in [3.63, 3.8) is 0 Å². The average Bonchev–Trinajstić information content (AvgIpc) is 2.52. The molecule has 2 rings (SSSR count). The fraction of sp³-hybridized carbons (Fsp3) is 0.533. The van der Waals surface area contributed by atoms with Crippen LogP contribution in [0.4, 0.5) is 0 Å². The quantitative estimate of drug-likeness (QED) is 0.834. The van der Waals surface area contributed by atoms with E-state index in [1.807, 2.05) is 0 Å². The molecule has 0 aliphatic carbocycles. The maximum atomic E-state index is 11.8. The SMILES string of the molecule is CS(=O)(=O)N1CCC(CNC(=O)COc2ccc(Cl)cc2)CC1. The molecular formula is C15H21ClN2O4S. The minimum Gasteiger partial charge on any atom is -0.484 e. The highest BCUT2D eigenvalue weighted by Crippen LogP contribution is 2.18. The van der Waals surface area contributed by atoms with Crippen molar-refractivity contribution in [3.05, 3.63) is 29.3 Å². The summed E-state index contributed by atoms with van der Waals surface area (Å²) in [5.41, 5.74) is 0. The second-order valence-electron chi connectivity index (χ2n) is 5.65. The minimum atomic E-state index is -3.11. The van der Waals surface area contributed by atoms with Crippen molar-refractivity contribution in [2.75, 3.05) is 32.5 Å². The van der Waals surface area contributed by atoms with E-state index in [4.69, 9.17) is 16.3 Å². The van der Waals surface area contributed by atoms with Gasteiger partial charge in [0.15, 0.2) is 6.61 Å². The van der Waals surface area contributed by atoms with Crippen LogP contribution in [0.3, 0.4) is 0 Å². The molecule has 1 aromatic carbocycles. The third kappa shape index (κ3) is 6.01. The molecule has 0 spiro atoms. The molecule has 1 heterocycles. The number of nitrogens with zero attached hydrogens (tertiary/aromatic N) is 1. The van der Waals surface area contributed by atoms with Crippen LogP contribution in [0, 0.1) is 5.92 Å². The zero-order chi connectivity index (χ0) is 16.9. The first kappa shape index (κ1) is 18.0. The largest absolute Gasteiger partial charge is 0.484 e. The molecule has 0 radical (unpaired) electrons. The Bertz CT molecular complexity index is 625. The lowest BCUT2D eigenvalue weighted by Crippen LogP contribution is -2.41. The van der Waals surface area contributed by atoms with E-state index in [1.54, 1.807) is 24.3 Å². The number of benzene rings is 1. The molecule has 1 amide bonds. The van der Waals surface area contributed by atoms with Crippen LogP contribution in [-0.2, 0) is 14.8 Å². The molecule has 1 saturated heterocycles. The fourth-order valence-electron chi connectivity index (χ4n) is 2.43. The summed E-state index contributed by atoms with van der Waals surface area (Å²) in [6, 6.07) is 6.81. The third-order valence-electron chi connectivity index (χ3n) is 3.81. The zero-order valence-electron chi connectivity index (χ0n) is 13.0. The molecule has 0 saturated carbocycles. The van der Waals surface area contributed by atoms with Crippen molar-refractivity contribution in [1.82, 2.24) is 9.62 Å². The predicted octanol–water partition coefficient (Wildman–Crippen LogP) is 1.51. The molecular weight excluding hydrogens is 340 g/mol. The van der Waals surface area contributed by atoms with Gasteiger partial charge in [-0.05, 0) is 43.0 Å². The third-order valence-corrected chi connectivity index (χ3v) is 5.37. The van der Waals surface area contributed by atoms with E-state index >= 15 is 0 Å². The molecule has 23 heavy (non-hydrogen) atoms. The van der Waals surface area contributed by atoms with Gasteiger partial charge in [-0.3, -0.25) is 4.79 Å². The predicted molar refractivity (Wildman–Crippen MR) is 89.1 cm³/mol. The summed E-state index contributed by atoms with van der Waals surface area (Å²) < 4.78 is 29.7. The zero-order valence-corrected chi connectivity index (χ0v) is 14.6. The van der Waals surface area contributed by atoms with Crippen LogP contribution in [-0.4, -0.2) is 51.1 Å². The second-order valence-corrected chi connectivity index (χ2v) is 8.07. The molecule has 1 N–H and O–H groups in total. The van der Waals surface area contributed by atoms with Gasteiger partial charge >= 0.3 is 0 Å². The highest BCUT2D eigenvalue weighted by Gasteiger charge is 2.24. The summed E-state index contributed by atoms with van der Waals surface area (Å²) in [5, 5.41) is 3.44. The smallest absolute Gasteiger partial charge is 0.257 e. The van der Waals surface area contributed by atoms with Gasteiger partial charge in [0.2, 0.25) is 10.0 Å². The number of halogens is 1. The lowest BCUT2D eigenvalue weighted by molar-refractivity contribution is -0.123. The summed E-state index contributed by atoms with van der Waals surface area (Å²) >= 11 is 5.77. The van der Waals surface area contributed by atoms with Crippen LogP contribution >= 0.6 is 11.6 Å². The molecule has 0 atom stereocenters. The normalized spacial score (nSPS) is 17.0. The number of piperidine rings is 1. The number of hydrogen-bond acceptors (Lipinski definition) is 4. The van der Waals surface area contributed by atoms with Crippen molar-refractivity contribution >= 4 is 27.5 Å². The van der Waals surface area contributed by atoms with Gasteiger partial charge in [-0.1, -0.05) is 11.6 Å². The Morgan fingerprint density at radius 2 is 1.91 bits per heavy atom. The van der Waals surface area contributed by atoms with Crippen LogP contribution in [0.2, 0.25) is 5.02 Å². The number of rotatable bonds is 6. The average molecular weight is 361 g/mol. The highest BCUT2D eigenvalue weighted by atomic mass is 35.5. The molecule has 128 valence electrons. The number of nitrogens with one attached hydrogen (secondary N) is 1. The van der Waals surface area contributed by atoms with Crippen molar-refractivity contribution in [2.24, 2.45) is 5.92 Å². The van der Waals surface area contributed by atoms with Crippen LogP contribution in [0.25, 0.3) is 0 Å². The van der Waals surface area contributed by atoms with Gasteiger partial charge in [0.05, 0.1) is 6.26 Å². The number of sulfonamides is 1. The first-order chi connectivity index (χ1) is 10.8. The highest BCUT2D eigenvalue weighted by molar-refractivity contribution is 7.88. The number of carbonyl (C=O) groups is 1. The molecule has 0 unspecified atom stereocenters. The summed E-state index contributed by atoms with van der Waals surface area (Å²) in [7, 11) is -3.11. The molecule has 1 fully saturated rings. The van der Waals surface area contributed by atoms with Crippen LogP contribution in [0.5, 0.6) is 5.75 Å². The van der Waals surface area contributed by atoms with E-state index in [2.05, 4.69) is 5.32 Å². The number of ether oxygens (including phenoxy) is 1. The van der Waals surface area contributed by atoms with Gasteiger partial charge in [-0.15, -0.1) is 0 Å². The molecule has 0 aromatic heterocycles. The van der Waals surface area contributed by atoms with E-state index < -0.39 is 10.0 Å². The first-order valence-corrected chi connectivity index (χ1v) is 9.67. The number of amides is 1. The standard InChI is InChI=1S/C15H21ClN2O4S/c1-23(20,21)18-8-6-12(7-9-18)10-17-15(19)11-22-14-4-2-13(16)3-5-14/h2-5,12H,6-11H2,1H3,(H,17,19). The van der Waals surface area contributed by atoms with Gasteiger partial charge in [0.25, 0.3) is 5.91 Å². The number of carbonyl (C=O) groups excluding carboxylic acids is 1. The van der Waals surface area contributed by atoms with Gasteiger partial charge < -0.3 is 10.1 Å². The Morgan fingerprint density at radius 1 is 1.30 bits per heavy atom. The Hall–Kier alpha value is -1.31.